The number of aromatic amines is 2. The number of hydrogen-bond acceptors (Lipinski definition) is 8. The second-order valence-electron chi connectivity index (χ2n) is 9.26. The molecule has 40 heavy (non-hydrogen) atoms. The molecule has 0 aliphatic rings. The molecule has 0 aliphatic carbocycles. The minimum atomic E-state index is -4.05. The average Bonchev–Trinajstić information content (AvgIpc) is 3.19. The lowest BCUT2D eigenvalue weighted by Crippen LogP contribution is -2.26. The Morgan fingerprint density at radius 3 is 2.35 bits per heavy atom. The van der Waals surface area contributed by atoms with Crippen LogP contribution >= 0.6 is 0 Å². The van der Waals surface area contributed by atoms with Crippen LogP contribution in [0, 0.1) is 20.8 Å². The fourth-order valence-electron chi connectivity index (χ4n) is 4.38. The van der Waals surface area contributed by atoms with Crippen LogP contribution in [0.1, 0.15) is 54.9 Å². The molecule has 208 valence electrons. The molecular weight excluding hydrogens is 538 g/mol. The Morgan fingerprint density at radius 1 is 0.950 bits per heavy atom. The summed E-state index contributed by atoms with van der Waals surface area (Å²) in [5, 5.41) is 0.108. The SMILES string of the molecule is COC(=O)c1c(C)[nH]c(C(=O)[C@@H](C)OC(=O)c2cc(=O)[nH]c3ccc(S(=O)(=O)Nc4cccc(C)c4)cc23)c1C. The van der Waals surface area contributed by atoms with E-state index in [4.69, 9.17) is 9.47 Å². The zero-order valence-corrected chi connectivity index (χ0v) is 23.2. The summed E-state index contributed by atoms with van der Waals surface area (Å²) in [5.41, 5.74) is 1.62. The first-order chi connectivity index (χ1) is 18.8. The van der Waals surface area contributed by atoms with Gasteiger partial charge in [0.25, 0.3) is 10.0 Å². The molecule has 12 heteroatoms. The second kappa shape index (κ2) is 10.8. The summed E-state index contributed by atoms with van der Waals surface area (Å²) in [5.74, 6) is -2.23. The first-order valence-electron chi connectivity index (χ1n) is 12.1. The highest BCUT2D eigenvalue weighted by Gasteiger charge is 2.28. The lowest BCUT2D eigenvalue weighted by atomic mass is 10.1. The predicted molar refractivity (Wildman–Crippen MR) is 147 cm³/mol. The summed E-state index contributed by atoms with van der Waals surface area (Å²) in [6.45, 7) is 6.35. The number of Topliss-reactive ketones (excluding diaryl/α,β-unsaturated/α-hetero) is 1. The van der Waals surface area contributed by atoms with Crippen LogP contribution < -0.4 is 10.3 Å². The molecule has 0 radical (unpaired) electrons. The molecule has 4 rings (SSSR count). The van der Waals surface area contributed by atoms with Crippen LogP contribution in [0.5, 0.6) is 0 Å². The zero-order valence-electron chi connectivity index (χ0n) is 22.4. The third-order valence-corrected chi connectivity index (χ3v) is 7.72. The Hall–Kier alpha value is -4.71. The molecule has 4 aromatic rings. The molecule has 1 atom stereocenters. The van der Waals surface area contributed by atoms with Crippen LogP contribution in [0.25, 0.3) is 10.9 Å². The Labute approximate surface area is 229 Å². The predicted octanol–water partition coefficient (Wildman–Crippen LogP) is 3.80. The fraction of sp³-hybridized carbons (Fsp3) is 0.214. The van der Waals surface area contributed by atoms with E-state index in [-0.39, 0.29) is 32.6 Å². The van der Waals surface area contributed by atoms with E-state index in [0.717, 1.165) is 11.6 Å². The molecule has 2 aromatic heterocycles. The van der Waals surface area contributed by atoms with Crippen molar-refractivity contribution in [3.8, 4) is 0 Å². The summed E-state index contributed by atoms with van der Waals surface area (Å²) in [6, 6.07) is 11.7. The fourth-order valence-corrected chi connectivity index (χ4v) is 5.45. The van der Waals surface area contributed by atoms with Gasteiger partial charge in [-0.15, -0.1) is 0 Å². The number of methoxy groups -OCH3 is 1. The van der Waals surface area contributed by atoms with Crippen molar-refractivity contribution in [1.29, 1.82) is 0 Å². The standard InChI is InChI=1S/C28H27N3O8S/c1-14-7-6-8-18(11-14)31-40(36,37)19-9-10-22-20(12-19)21(13-23(32)30-22)27(34)39-17(4)26(33)25-15(2)24(16(3)29-25)28(35)38-5/h6-13,17,29,31H,1-5H3,(H,30,32)/t17-/m1/s1. The Balaban J connectivity index is 1.66. The van der Waals surface area contributed by atoms with Gasteiger partial charge in [-0.1, -0.05) is 12.1 Å². The van der Waals surface area contributed by atoms with Gasteiger partial charge in [-0.25, -0.2) is 18.0 Å². The number of benzene rings is 2. The van der Waals surface area contributed by atoms with Crippen LogP contribution in [0.15, 0.2) is 58.2 Å². The molecule has 0 spiro atoms. The molecule has 0 saturated heterocycles. The first-order valence-corrected chi connectivity index (χ1v) is 13.6. The number of sulfonamides is 1. The highest BCUT2D eigenvalue weighted by molar-refractivity contribution is 7.92. The van der Waals surface area contributed by atoms with Gasteiger partial charge in [0.2, 0.25) is 11.3 Å². The van der Waals surface area contributed by atoms with Crippen LogP contribution in [-0.4, -0.2) is 49.3 Å². The first kappa shape index (κ1) is 28.3. The van der Waals surface area contributed by atoms with Gasteiger partial charge in [0.15, 0.2) is 6.10 Å². The van der Waals surface area contributed by atoms with E-state index >= 15 is 0 Å². The molecule has 0 fully saturated rings. The molecule has 2 heterocycles. The number of fused-ring (bicyclic) bond motifs is 1. The summed E-state index contributed by atoms with van der Waals surface area (Å²) in [4.78, 5) is 55.9. The number of aryl methyl sites for hydroxylation is 2. The number of pyridine rings is 1. The maximum absolute atomic E-state index is 13.2. The van der Waals surface area contributed by atoms with E-state index in [1.165, 1.54) is 32.2 Å². The van der Waals surface area contributed by atoms with E-state index in [1.54, 1.807) is 32.0 Å². The average molecular weight is 566 g/mol. The topological polar surface area (TPSA) is 164 Å². The Bertz CT molecular complexity index is 1840. The van der Waals surface area contributed by atoms with Gasteiger partial charge < -0.3 is 19.4 Å². The van der Waals surface area contributed by atoms with E-state index in [9.17, 15) is 27.6 Å². The van der Waals surface area contributed by atoms with Gasteiger partial charge in [-0.2, -0.15) is 0 Å². The number of esters is 2. The molecule has 3 N–H and O–H groups in total. The number of aromatic nitrogens is 2. The Morgan fingerprint density at radius 2 is 1.68 bits per heavy atom. The molecule has 0 unspecified atom stereocenters. The number of H-pyrrole nitrogens is 2. The van der Waals surface area contributed by atoms with Gasteiger partial charge in [-0.3, -0.25) is 14.3 Å². The zero-order chi connectivity index (χ0) is 29.4. The summed E-state index contributed by atoms with van der Waals surface area (Å²) >= 11 is 0. The van der Waals surface area contributed by atoms with Gasteiger partial charge in [0.1, 0.15) is 0 Å². The summed E-state index contributed by atoms with van der Waals surface area (Å²) in [6.07, 6.45) is -1.31. The number of nitrogens with one attached hydrogen (secondary N) is 3. The molecular formula is C28H27N3O8S. The van der Waals surface area contributed by atoms with E-state index in [2.05, 4.69) is 14.7 Å². The highest BCUT2D eigenvalue weighted by Crippen LogP contribution is 2.25. The molecule has 0 saturated carbocycles. The number of anilines is 1. The molecule has 0 aliphatic heterocycles. The number of carbonyl (C=O) groups is 3. The molecule has 0 amide bonds. The van der Waals surface area contributed by atoms with Crippen LogP contribution in [0.4, 0.5) is 5.69 Å². The molecule has 2 aromatic carbocycles. The highest BCUT2D eigenvalue weighted by atomic mass is 32.2. The van der Waals surface area contributed by atoms with Crippen molar-refractivity contribution in [2.45, 2.75) is 38.7 Å². The van der Waals surface area contributed by atoms with Crippen molar-refractivity contribution in [3.63, 3.8) is 0 Å². The van der Waals surface area contributed by atoms with Crippen molar-refractivity contribution in [2.75, 3.05) is 11.8 Å². The Kier molecular flexibility index (Phi) is 7.65. The van der Waals surface area contributed by atoms with Crippen LogP contribution in [0.3, 0.4) is 0 Å². The van der Waals surface area contributed by atoms with Gasteiger partial charge in [0, 0.05) is 28.4 Å². The number of carbonyl (C=O) groups excluding carboxylic acids is 3. The number of ether oxygens (including phenoxy) is 2. The van der Waals surface area contributed by atoms with Crippen LogP contribution in [-0.2, 0) is 19.5 Å². The van der Waals surface area contributed by atoms with Crippen molar-refractivity contribution in [2.24, 2.45) is 0 Å². The van der Waals surface area contributed by atoms with Crippen molar-refractivity contribution >= 4 is 44.3 Å². The van der Waals surface area contributed by atoms with Gasteiger partial charge in [0.05, 0.1) is 28.8 Å². The minimum Gasteiger partial charge on any atom is -0.465 e. The van der Waals surface area contributed by atoms with Crippen molar-refractivity contribution < 1.29 is 32.3 Å². The smallest absolute Gasteiger partial charge is 0.339 e. The van der Waals surface area contributed by atoms with E-state index < -0.39 is 39.4 Å². The van der Waals surface area contributed by atoms with Gasteiger partial charge in [-0.05, 0) is 69.2 Å². The van der Waals surface area contributed by atoms with Crippen molar-refractivity contribution in [1.82, 2.24) is 9.97 Å². The monoisotopic (exact) mass is 565 g/mol. The largest absolute Gasteiger partial charge is 0.465 e. The maximum atomic E-state index is 13.2. The minimum absolute atomic E-state index is 0.0737. The normalized spacial score (nSPS) is 12.1. The van der Waals surface area contributed by atoms with E-state index in [1.807, 2.05) is 13.0 Å². The quantitative estimate of drug-likeness (QED) is 0.214. The number of hydrogen-bond donors (Lipinski definition) is 3. The molecule has 11 nitrogen and oxygen atoms in total. The lowest BCUT2D eigenvalue weighted by Gasteiger charge is -2.14. The van der Waals surface area contributed by atoms with Crippen LogP contribution in [0.2, 0.25) is 0 Å². The summed E-state index contributed by atoms with van der Waals surface area (Å²) in [7, 11) is -2.83. The second-order valence-corrected chi connectivity index (χ2v) is 10.9. The lowest BCUT2D eigenvalue weighted by molar-refractivity contribution is 0.0318. The maximum Gasteiger partial charge on any atom is 0.339 e. The number of rotatable bonds is 8. The third kappa shape index (κ3) is 5.52. The molecule has 0 bridgehead atoms. The number of ketones is 1. The van der Waals surface area contributed by atoms with Crippen molar-refractivity contribution in [3.05, 3.63) is 92.5 Å². The van der Waals surface area contributed by atoms with E-state index in [0.29, 0.717) is 16.9 Å². The summed E-state index contributed by atoms with van der Waals surface area (Å²) < 4.78 is 38.8. The van der Waals surface area contributed by atoms with Gasteiger partial charge >= 0.3 is 11.9 Å². The third-order valence-electron chi connectivity index (χ3n) is 6.34.